The van der Waals surface area contributed by atoms with E-state index in [-0.39, 0.29) is 15.6 Å². The maximum atomic E-state index is 12.2. The SMILES string of the molecule is COC(=O)c1ccc(C(=O)NC(=S)Nc2ccc(S(=O)(=O)N=C(N)N)cc2)cc1. The van der Waals surface area contributed by atoms with E-state index in [0.29, 0.717) is 11.3 Å². The van der Waals surface area contributed by atoms with E-state index in [4.69, 9.17) is 23.7 Å². The normalized spacial score (nSPS) is 10.5. The number of nitrogens with zero attached hydrogens (tertiary/aromatic N) is 1. The zero-order valence-electron chi connectivity index (χ0n) is 15.1. The minimum absolute atomic E-state index is 0.00752. The molecule has 1 amide bonds. The van der Waals surface area contributed by atoms with Gasteiger partial charge in [0.1, 0.15) is 0 Å². The smallest absolute Gasteiger partial charge is 0.337 e. The molecule has 0 fully saturated rings. The third-order valence-electron chi connectivity index (χ3n) is 3.43. The molecule has 152 valence electrons. The van der Waals surface area contributed by atoms with E-state index in [2.05, 4.69) is 19.8 Å². The van der Waals surface area contributed by atoms with Gasteiger partial charge in [0.25, 0.3) is 15.9 Å². The zero-order valence-corrected chi connectivity index (χ0v) is 16.7. The summed E-state index contributed by atoms with van der Waals surface area (Å²) in [6.07, 6.45) is 0. The largest absolute Gasteiger partial charge is 0.465 e. The Hall–Kier alpha value is -3.51. The Balaban J connectivity index is 2.01. The number of esters is 1. The molecule has 0 spiro atoms. The van der Waals surface area contributed by atoms with Crippen LogP contribution in [0.15, 0.2) is 57.8 Å². The average Bonchev–Trinajstić information content (AvgIpc) is 2.66. The number of ether oxygens (including phenoxy) is 1. The van der Waals surface area contributed by atoms with Crippen molar-refractivity contribution in [1.82, 2.24) is 5.32 Å². The van der Waals surface area contributed by atoms with Gasteiger partial charge in [-0.25, -0.2) is 4.79 Å². The molecule has 0 unspecified atom stereocenters. The molecule has 6 N–H and O–H groups in total. The number of hydrogen-bond acceptors (Lipinski definition) is 6. The molecule has 0 aliphatic rings. The van der Waals surface area contributed by atoms with Gasteiger partial charge in [-0.3, -0.25) is 10.1 Å². The van der Waals surface area contributed by atoms with Gasteiger partial charge in [0.05, 0.1) is 17.6 Å². The molecule has 0 radical (unpaired) electrons. The number of thiocarbonyl (C=S) groups is 1. The molecule has 2 aromatic rings. The first-order valence-electron chi connectivity index (χ1n) is 7.89. The lowest BCUT2D eigenvalue weighted by Crippen LogP contribution is -2.34. The van der Waals surface area contributed by atoms with Crippen LogP contribution in [-0.4, -0.2) is 38.5 Å². The maximum absolute atomic E-state index is 12.2. The highest BCUT2D eigenvalue weighted by molar-refractivity contribution is 7.90. The summed E-state index contributed by atoms with van der Waals surface area (Å²) in [5.41, 5.74) is 11.2. The van der Waals surface area contributed by atoms with E-state index in [1.165, 1.54) is 55.6 Å². The fraction of sp³-hybridized carbons (Fsp3) is 0.0588. The van der Waals surface area contributed by atoms with Crippen LogP contribution in [0, 0.1) is 0 Å². The summed E-state index contributed by atoms with van der Waals surface area (Å²) < 4.78 is 31.5. The second-order valence-electron chi connectivity index (χ2n) is 5.49. The average molecular weight is 435 g/mol. The second kappa shape index (κ2) is 9.12. The first kappa shape index (κ1) is 21.8. The summed E-state index contributed by atoms with van der Waals surface area (Å²) in [6, 6.07) is 11.2. The fourth-order valence-corrected chi connectivity index (χ4v) is 3.19. The number of nitrogens with one attached hydrogen (secondary N) is 2. The predicted octanol–water partition coefficient (Wildman–Crippen LogP) is 0.562. The number of methoxy groups -OCH3 is 1. The van der Waals surface area contributed by atoms with Gasteiger partial charge < -0.3 is 21.5 Å². The number of anilines is 1. The molecular formula is C17H17N5O5S2. The number of carbonyl (C=O) groups excluding carboxylic acids is 2. The summed E-state index contributed by atoms with van der Waals surface area (Å²) in [4.78, 5) is 23.5. The molecule has 0 heterocycles. The molecule has 2 aromatic carbocycles. The van der Waals surface area contributed by atoms with Crippen molar-refractivity contribution in [2.45, 2.75) is 4.90 Å². The standard InChI is InChI=1S/C17H17N5O5S2/c1-27-15(24)11-4-2-10(3-5-11)14(23)21-17(28)20-12-6-8-13(9-7-12)29(25,26)22-16(18)19/h2-9H,1H3,(H4,18,19,22)(H2,20,21,23,28). The summed E-state index contributed by atoms with van der Waals surface area (Å²) >= 11 is 5.07. The van der Waals surface area contributed by atoms with Gasteiger partial charge in [-0.15, -0.1) is 4.40 Å². The van der Waals surface area contributed by atoms with E-state index in [9.17, 15) is 18.0 Å². The molecule has 10 nitrogen and oxygen atoms in total. The van der Waals surface area contributed by atoms with E-state index < -0.39 is 27.9 Å². The topological polar surface area (TPSA) is 166 Å². The van der Waals surface area contributed by atoms with E-state index >= 15 is 0 Å². The highest BCUT2D eigenvalue weighted by Gasteiger charge is 2.14. The Bertz CT molecular complexity index is 1060. The van der Waals surface area contributed by atoms with Crippen molar-refractivity contribution in [1.29, 1.82) is 0 Å². The van der Waals surface area contributed by atoms with Gasteiger partial charge in [-0.2, -0.15) is 8.42 Å². The number of rotatable bonds is 5. The van der Waals surface area contributed by atoms with E-state index in [1.807, 2.05) is 0 Å². The van der Waals surface area contributed by atoms with Crippen molar-refractivity contribution in [3.05, 3.63) is 59.7 Å². The van der Waals surface area contributed by atoms with Crippen LogP contribution in [0.25, 0.3) is 0 Å². The van der Waals surface area contributed by atoms with Crippen LogP contribution in [0.5, 0.6) is 0 Å². The quantitative estimate of drug-likeness (QED) is 0.227. The molecule has 0 aromatic heterocycles. The molecule has 2 rings (SSSR count). The summed E-state index contributed by atoms with van der Waals surface area (Å²) in [6.45, 7) is 0. The van der Waals surface area contributed by atoms with Crippen molar-refractivity contribution < 1.29 is 22.7 Å². The minimum Gasteiger partial charge on any atom is -0.465 e. The third-order valence-corrected chi connectivity index (χ3v) is 4.95. The van der Waals surface area contributed by atoms with Gasteiger partial charge in [0.2, 0.25) is 5.96 Å². The maximum Gasteiger partial charge on any atom is 0.337 e. The summed E-state index contributed by atoms with van der Waals surface area (Å²) in [5, 5.41) is 5.21. The zero-order chi connectivity index (χ0) is 21.6. The molecule has 12 heteroatoms. The molecular weight excluding hydrogens is 418 g/mol. The molecule has 0 atom stereocenters. The first-order valence-corrected chi connectivity index (χ1v) is 9.74. The molecule has 0 saturated carbocycles. The third kappa shape index (κ3) is 5.99. The van der Waals surface area contributed by atoms with Gasteiger partial charge in [-0.1, -0.05) is 0 Å². The number of benzene rings is 2. The number of guanidine groups is 1. The van der Waals surface area contributed by atoms with Crippen LogP contribution in [0.3, 0.4) is 0 Å². The van der Waals surface area contributed by atoms with Crippen LogP contribution in [0.1, 0.15) is 20.7 Å². The lowest BCUT2D eigenvalue weighted by atomic mass is 10.1. The summed E-state index contributed by atoms with van der Waals surface area (Å²) in [7, 11) is -2.74. The van der Waals surface area contributed by atoms with E-state index in [0.717, 1.165) is 0 Å². The lowest BCUT2D eigenvalue weighted by molar-refractivity contribution is 0.0600. The van der Waals surface area contributed by atoms with Crippen LogP contribution in [0.4, 0.5) is 5.69 Å². The minimum atomic E-state index is -4.00. The monoisotopic (exact) mass is 435 g/mol. The highest BCUT2D eigenvalue weighted by atomic mass is 32.2. The van der Waals surface area contributed by atoms with Crippen LogP contribution in [-0.2, 0) is 14.8 Å². The number of nitrogens with two attached hydrogens (primary N) is 2. The van der Waals surface area contributed by atoms with Crippen LogP contribution in [0.2, 0.25) is 0 Å². The fourth-order valence-electron chi connectivity index (χ4n) is 2.11. The Morgan fingerprint density at radius 1 is 1.00 bits per heavy atom. The number of carbonyl (C=O) groups is 2. The van der Waals surface area contributed by atoms with Gasteiger partial charge in [0.15, 0.2) is 5.11 Å². The number of amides is 1. The first-order chi connectivity index (χ1) is 13.6. The van der Waals surface area contributed by atoms with Gasteiger partial charge >= 0.3 is 5.97 Å². The molecule has 0 bridgehead atoms. The molecule has 29 heavy (non-hydrogen) atoms. The second-order valence-corrected chi connectivity index (χ2v) is 7.51. The van der Waals surface area contributed by atoms with Gasteiger partial charge in [-0.05, 0) is 60.7 Å². The Kier molecular flexibility index (Phi) is 6.85. The Labute approximate surface area is 172 Å². The number of hydrogen-bond donors (Lipinski definition) is 4. The summed E-state index contributed by atoms with van der Waals surface area (Å²) in [5.74, 6) is -1.58. The van der Waals surface area contributed by atoms with Gasteiger partial charge in [0, 0.05) is 11.3 Å². The van der Waals surface area contributed by atoms with E-state index in [1.54, 1.807) is 0 Å². The van der Waals surface area contributed by atoms with Crippen molar-refractivity contribution in [2.75, 3.05) is 12.4 Å². The number of sulfonamides is 1. The van der Waals surface area contributed by atoms with Crippen molar-refractivity contribution in [3.8, 4) is 0 Å². The molecule has 0 aliphatic carbocycles. The Morgan fingerprint density at radius 3 is 2.07 bits per heavy atom. The van der Waals surface area contributed by atoms with Crippen LogP contribution < -0.4 is 22.1 Å². The lowest BCUT2D eigenvalue weighted by Gasteiger charge is -2.10. The highest BCUT2D eigenvalue weighted by Crippen LogP contribution is 2.16. The molecule has 0 saturated heterocycles. The van der Waals surface area contributed by atoms with Crippen molar-refractivity contribution in [3.63, 3.8) is 0 Å². The van der Waals surface area contributed by atoms with Crippen molar-refractivity contribution >= 4 is 50.9 Å². The predicted molar refractivity (Wildman–Crippen MR) is 111 cm³/mol. The van der Waals surface area contributed by atoms with Crippen molar-refractivity contribution in [2.24, 2.45) is 15.9 Å². The molecule has 0 aliphatic heterocycles. The van der Waals surface area contributed by atoms with Crippen LogP contribution >= 0.6 is 12.2 Å². The Morgan fingerprint density at radius 2 is 1.55 bits per heavy atom.